The summed E-state index contributed by atoms with van der Waals surface area (Å²) >= 11 is 0. The fraction of sp³-hybridized carbons (Fsp3) is 0.909. The maximum atomic E-state index is 2.45. The minimum Gasteiger partial charge on any atom is -0.0654 e. The Balaban J connectivity index is 2.80. The van der Waals surface area contributed by atoms with Crippen LogP contribution < -0.4 is 0 Å². The predicted molar refractivity (Wildman–Crippen MR) is 52.5 cm³/mol. The fourth-order valence-corrected chi connectivity index (χ4v) is 1.16. The molecule has 0 aromatic rings. The Morgan fingerprint density at radius 3 is 2.27 bits per heavy atom. The van der Waals surface area contributed by atoms with Gasteiger partial charge in [-0.15, -0.1) is 0 Å². The molecule has 0 atom stereocenters. The number of rotatable bonds is 7. The summed E-state index contributed by atoms with van der Waals surface area (Å²) in [6.45, 7) is 6.85. The van der Waals surface area contributed by atoms with E-state index in [9.17, 15) is 0 Å². The first-order valence-corrected chi connectivity index (χ1v) is 5.09. The smallest absolute Gasteiger partial charge is 0.0386 e. The number of hydrogen-bond donors (Lipinski definition) is 0. The summed E-state index contributed by atoms with van der Waals surface area (Å²) in [5.41, 5.74) is 0. The second kappa shape index (κ2) is 8.10. The highest BCUT2D eigenvalue weighted by Crippen LogP contribution is 2.09. The van der Waals surface area contributed by atoms with Crippen LogP contribution in [0.2, 0.25) is 0 Å². The zero-order chi connectivity index (χ0) is 8.53. The quantitative estimate of drug-likeness (QED) is 0.483. The van der Waals surface area contributed by atoms with Crippen LogP contribution in [0.1, 0.15) is 59.3 Å². The topological polar surface area (TPSA) is 0 Å². The molecule has 0 aromatic heterocycles. The van der Waals surface area contributed by atoms with Gasteiger partial charge in [-0.2, -0.15) is 0 Å². The van der Waals surface area contributed by atoms with E-state index in [-0.39, 0.29) is 0 Å². The highest BCUT2D eigenvalue weighted by molar-refractivity contribution is 4.64. The Bertz CT molecular complexity index is 64.4. The van der Waals surface area contributed by atoms with Gasteiger partial charge in [-0.1, -0.05) is 59.3 Å². The van der Waals surface area contributed by atoms with Gasteiger partial charge in [0.1, 0.15) is 0 Å². The molecule has 0 spiro atoms. The molecule has 0 aliphatic rings. The minimum atomic E-state index is 0.884. The summed E-state index contributed by atoms with van der Waals surface area (Å²) in [5.74, 6) is 0.884. The lowest BCUT2D eigenvalue weighted by Crippen LogP contribution is -1.87. The molecule has 1 radical (unpaired) electrons. The number of hydrogen-bond acceptors (Lipinski definition) is 0. The Morgan fingerprint density at radius 1 is 1.09 bits per heavy atom. The molecule has 0 nitrogen and oxygen atoms in total. The highest BCUT2D eigenvalue weighted by atomic mass is 14.0. The third-order valence-corrected chi connectivity index (χ3v) is 1.95. The maximum absolute atomic E-state index is 2.45. The predicted octanol–water partition coefficient (Wildman–Crippen LogP) is 4.21. The number of unbranched alkanes of at least 4 members (excludes halogenated alkanes) is 5. The normalized spacial score (nSPS) is 10.9. The molecule has 0 saturated heterocycles. The van der Waals surface area contributed by atoms with E-state index in [1.807, 2.05) is 0 Å². The van der Waals surface area contributed by atoms with Gasteiger partial charge in [0.2, 0.25) is 0 Å². The maximum Gasteiger partial charge on any atom is -0.0386 e. The second-order valence-corrected chi connectivity index (χ2v) is 3.76. The van der Waals surface area contributed by atoms with Crippen LogP contribution in [0.5, 0.6) is 0 Å². The summed E-state index contributed by atoms with van der Waals surface area (Å²) in [5, 5.41) is 0. The summed E-state index contributed by atoms with van der Waals surface area (Å²) in [4.78, 5) is 0. The van der Waals surface area contributed by atoms with Crippen LogP contribution >= 0.6 is 0 Å². The van der Waals surface area contributed by atoms with E-state index in [0.717, 1.165) is 5.92 Å². The summed E-state index contributed by atoms with van der Waals surface area (Å²) < 4.78 is 0. The lowest BCUT2D eigenvalue weighted by molar-refractivity contribution is 0.547. The first-order chi connectivity index (χ1) is 5.27. The van der Waals surface area contributed by atoms with Crippen molar-refractivity contribution in [2.45, 2.75) is 59.3 Å². The van der Waals surface area contributed by atoms with E-state index in [0.29, 0.717) is 0 Å². The lowest BCUT2D eigenvalue weighted by atomic mass is 10.0. The minimum absolute atomic E-state index is 0.884. The molecule has 0 aromatic carbocycles. The second-order valence-electron chi connectivity index (χ2n) is 3.76. The Morgan fingerprint density at radius 2 is 1.73 bits per heavy atom. The molecule has 11 heavy (non-hydrogen) atoms. The molecule has 0 rings (SSSR count). The van der Waals surface area contributed by atoms with Crippen LogP contribution in [0, 0.1) is 12.3 Å². The molecule has 67 valence electrons. The van der Waals surface area contributed by atoms with Crippen LogP contribution in [-0.4, -0.2) is 0 Å². The molecular weight excluding hydrogens is 132 g/mol. The van der Waals surface area contributed by atoms with Crippen molar-refractivity contribution < 1.29 is 0 Å². The molecule has 0 N–H and O–H groups in total. The van der Waals surface area contributed by atoms with Crippen LogP contribution in [0.4, 0.5) is 0 Å². The SMILES string of the molecule is CCCC[CH]CCCC(C)C. The molecule has 0 amide bonds. The lowest BCUT2D eigenvalue weighted by Gasteiger charge is -2.02. The summed E-state index contributed by atoms with van der Waals surface area (Å²) in [6.07, 6.45) is 10.6. The van der Waals surface area contributed by atoms with Crippen LogP contribution in [-0.2, 0) is 0 Å². The van der Waals surface area contributed by atoms with Crippen molar-refractivity contribution >= 4 is 0 Å². The van der Waals surface area contributed by atoms with E-state index in [4.69, 9.17) is 0 Å². The van der Waals surface area contributed by atoms with Crippen molar-refractivity contribution in [1.82, 2.24) is 0 Å². The molecule has 0 fully saturated rings. The Kier molecular flexibility index (Phi) is 8.10. The van der Waals surface area contributed by atoms with E-state index in [2.05, 4.69) is 27.2 Å². The van der Waals surface area contributed by atoms with E-state index >= 15 is 0 Å². The summed E-state index contributed by atoms with van der Waals surface area (Å²) in [6, 6.07) is 0. The average molecular weight is 155 g/mol. The first-order valence-electron chi connectivity index (χ1n) is 5.09. The van der Waals surface area contributed by atoms with Gasteiger partial charge in [0.15, 0.2) is 0 Å². The first kappa shape index (κ1) is 11.0. The van der Waals surface area contributed by atoms with Crippen molar-refractivity contribution in [3.8, 4) is 0 Å². The van der Waals surface area contributed by atoms with Crippen molar-refractivity contribution in [2.75, 3.05) is 0 Å². The van der Waals surface area contributed by atoms with Gasteiger partial charge in [-0.3, -0.25) is 0 Å². The van der Waals surface area contributed by atoms with Gasteiger partial charge in [-0.25, -0.2) is 0 Å². The molecule has 0 aliphatic heterocycles. The van der Waals surface area contributed by atoms with Crippen LogP contribution in [0.15, 0.2) is 0 Å². The Hall–Kier alpha value is 0. The third kappa shape index (κ3) is 10.0. The molecular formula is C11H23. The standard InChI is InChI=1S/C11H23/c1-4-5-6-7-8-9-10-11(2)3/h7,11H,4-6,8-10H2,1-3H3. The van der Waals surface area contributed by atoms with Crippen molar-refractivity contribution in [1.29, 1.82) is 0 Å². The molecule has 0 heterocycles. The van der Waals surface area contributed by atoms with Gasteiger partial charge in [-0.05, 0) is 12.3 Å². The zero-order valence-electron chi connectivity index (χ0n) is 8.40. The van der Waals surface area contributed by atoms with E-state index in [1.165, 1.54) is 38.5 Å². The molecule has 0 heteroatoms. The molecule has 0 aliphatic carbocycles. The van der Waals surface area contributed by atoms with Gasteiger partial charge in [0.25, 0.3) is 0 Å². The van der Waals surface area contributed by atoms with E-state index < -0.39 is 0 Å². The fourth-order valence-electron chi connectivity index (χ4n) is 1.16. The van der Waals surface area contributed by atoms with Crippen LogP contribution in [0.25, 0.3) is 0 Å². The molecule has 0 unspecified atom stereocenters. The van der Waals surface area contributed by atoms with E-state index in [1.54, 1.807) is 0 Å². The highest BCUT2D eigenvalue weighted by Gasteiger charge is 1.93. The monoisotopic (exact) mass is 155 g/mol. The van der Waals surface area contributed by atoms with Gasteiger partial charge in [0, 0.05) is 0 Å². The van der Waals surface area contributed by atoms with Crippen molar-refractivity contribution in [3.63, 3.8) is 0 Å². The zero-order valence-corrected chi connectivity index (χ0v) is 8.40. The molecule has 0 saturated carbocycles. The molecule has 0 bridgehead atoms. The Labute approximate surface area is 72.4 Å². The van der Waals surface area contributed by atoms with Gasteiger partial charge >= 0.3 is 0 Å². The van der Waals surface area contributed by atoms with Gasteiger partial charge < -0.3 is 0 Å². The third-order valence-electron chi connectivity index (χ3n) is 1.95. The summed E-state index contributed by atoms with van der Waals surface area (Å²) in [7, 11) is 0. The average Bonchev–Trinajstić information content (AvgIpc) is 1.96. The van der Waals surface area contributed by atoms with Crippen LogP contribution in [0.3, 0.4) is 0 Å². The van der Waals surface area contributed by atoms with Crippen molar-refractivity contribution in [2.24, 2.45) is 5.92 Å². The largest absolute Gasteiger partial charge is 0.0654 e. The van der Waals surface area contributed by atoms with Crippen molar-refractivity contribution in [3.05, 3.63) is 6.42 Å². The van der Waals surface area contributed by atoms with Gasteiger partial charge in [0.05, 0.1) is 0 Å².